The van der Waals surface area contributed by atoms with Gasteiger partial charge in [0.2, 0.25) is 0 Å². The Morgan fingerprint density at radius 2 is 2.06 bits per heavy atom. The molecule has 0 spiro atoms. The second-order valence-electron chi connectivity index (χ2n) is 3.16. The minimum atomic E-state index is -0.514. The Kier molecular flexibility index (Phi) is 3.08. The summed E-state index contributed by atoms with van der Waals surface area (Å²) in [5.41, 5.74) is 1.79. The Hall–Kier alpha value is -1.18. The van der Waals surface area contributed by atoms with Gasteiger partial charge in [0.05, 0.1) is 10.6 Å². The number of nitro groups is 1. The quantitative estimate of drug-likeness (QED) is 0.500. The van der Waals surface area contributed by atoms with E-state index in [9.17, 15) is 10.1 Å². The molecule has 1 aliphatic rings. The summed E-state index contributed by atoms with van der Waals surface area (Å²) < 4.78 is 4.29. The SMILES string of the molecule is CC1=C(c2ccc([N+](=O)[O-])cc2)N=S(N)S1. The standard InChI is InChI=1S/C9H9N3O2S2/c1-6-9(11-16(10)15-6)7-2-4-8(5-3-7)12(13)14/h2-5H,1H3,(H2,10,11). The third kappa shape index (κ3) is 2.16. The highest BCUT2D eigenvalue weighted by atomic mass is 33.1. The van der Waals surface area contributed by atoms with Crippen molar-refractivity contribution in [1.29, 1.82) is 0 Å². The molecule has 1 unspecified atom stereocenters. The van der Waals surface area contributed by atoms with Crippen molar-refractivity contribution in [3.8, 4) is 0 Å². The first-order chi connectivity index (χ1) is 7.58. The maximum absolute atomic E-state index is 10.5. The fourth-order valence-electron chi connectivity index (χ4n) is 1.34. The van der Waals surface area contributed by atoms with Crippen LogP contribution in [0.5, 0.6) is 0 Å². The molecule has 5 nitrogen and oxygen atoms in total. The summed E-state index contributed by atoms with van der Waals surface area (Å²) in [7, 11) is 1.00. The number of non-ortho nitro benzene ring substituents is 1. The smallest absolute Gasteiger partial charge is 0.259 e. The van der Waals surface area contributed by atoms with Crippen molar-refractivity contribution in [3.63, 3.8) is 0 Å². The molecule has 16 heavy (non-hydrogen) atoms. The molecule has 0 saturated heterocycles. The molecule has 0 amide bonds. The number of rotatable bonds is 2. The first-order valence-electron chi connectivity index (χ1n) is 4.42. The van der Waals surface area contributed by atoms with Gasteiger partial charge in [0.15, 0.2) is 0 Å². The molecule has 1 heterocycles. The molecule has 0 fully saturated rings. The maximum Gasteiger partial charge on any atom is 0.269 e. The van der Waals surface area contributed by atoms with Gasteiger partial charge < -0.3 is 0 Å². The normalized spacial score (nSPS) is 19.8. The predicted octanol–water partition coefficient (Wildman–Crippen LogP) is 2.62. The van der Waals surface area contributed by atoms with E-state index in [4.69, 9.17) is 5.14 Å². The van der Waals surface area contributed by atoms with E-state index in [1.54, 1.807) is 12.1 Å². The van der Waals surface area contributed by atoms with E-state index >= 15 is 0 Å². The van der Waals surface area contributed by atoms with E-state index in [2.05, 4.69) is 4.36 Å². The van der Waals surface area contributed by atoms with Crippen molar-refractivity contribution < 1.29 is 4.92 Å². The lowest BCUT2D eigenvalue weighted by Crippen LogP contribution is -1.91. The zero-order chi connectivity index (χ0) is 11.7. The fourth-order valence-corrected chi connectivity index (χ4v) is 3.69. The number of allylic oxidation sites excluding steroid dienone is 1. The summed E-state index contributed by atoms with van der Waals surface area (Å²) in [5.74, 6) is 0. The number of hydrogen-bond acceptors (Lipinski definition) is 5. The summed E-state index contributed by atoms with van der Waals surface area (Å²) >= 11 is 0. The van der Waals surface area contributed by atoms with E-state index < -0.39 is 14.8 Å². The second kappa shape index (κ2) is 4.36. The molecule has 7 heteroatoms. The molecule has 0 aliphatic carbocycles. The zero-order valence-electron chi connectivity index (χ0n) is 8.41. The average Bonchev–Trinajstić information content (AvgIpc) is 2.58. The lowest BCUT2D eigenvalue weighted by molar-refractivity contribution is -0.384. The van der Waals surface area contributed by atoms with Crippen molar-refractivity contribution in [1.82, 2.24) is 0 Å². The molecular formula is C9H9N3O2S2. The predicted molar refractivity (Wildman–Crippen MR) is 67.3 cm³/mol. The van der Waals surface area contributed by atoms with Gasteiger partial charge in [-0.25, -0.2) is 4.36 Å². The molecule has 0 bridgehead atoms. The first-order valence-corrected chi connectivity index (χ1v) is 7.00. The Balaban J connectivity index is 2.36. The number of hydrogen-bond donors (Lipinski definition) is 1. The van der Waals surface area contributed by atoms with Crippen LogP contribution in [0.2, 0.25) is 0 Å². The molecule has 1 aromatic carbocycles. The van der Waals surface area contributed by atoms with E-state index in [0.29, 0.717) is 0 Å². The molecule has 1 atom stereocenters. The van der Waals surface area contributed by atoms with Crippen LogP contribution in [-0.2, 0) is 9.91 Å². The Morgan fingerprint density at radius 3 is 2.50 bits per heavy atom. The average molecular weight is 255 g/mol. The molecule has 2 N–H and O–H groups in total. The van der Waals surface area contributed by atoms with Gasteiger partial charge >= 0.3 is 0 Å². The lowest BCUT2D eigenvalue weighted by atomic mass is 10.1. The lowest BCUT2D eigenvalue weighted by Gasteiger charge is -1.99. The van der Waals surface area contributed by atoms with Crippen molar-refractivity contribution in [3.05, 3.63) is 44.8 Å². The minimum absolute atomic E-state index is 0.0828. The molecule has 0 radical (unpaired) electrons. The summed E-state index contributed by atoms with van der Waals surface area (Å²) in [6, 6.07) is 6.35. The van der Waals surface area contributed by atoms with E-state index in [1.165, 1.54) is 22.9 Å². The van der Waals surface area contributed by atoms with Gasteiger partial charge in [0.1, 0.15) is 0 Å². The molecule has 2 rings (SSSR count). The van der Waals surface area contributed by atoms with E-state index in [-0.39, 0.29) is 5.69 Å². The minimum Gasteiger partial charge on any atom is -0.259 e. The van der Waals surface area contributed by atoms with Crippen LogP contribution in [0.25, 0.3) is 5.70 Å². The van der Waals surface area contributed by atoms with Gasteiger partial charge in [-0.2, -0.15) is 0 Å². The Labute approximate surface area is 98.5 Å². The van der Waals surface area contributed by atoms with Gasteiger partial charge in [-0.1, -0.05) is 0 Å². The van der Waals surface area contributed by atoms with Crippen LogP contribution in [-0.4, -0.2) is 4.92 Å². The van der Waals surface area contributed by atoms with Gasteiger partial charge in [0, 0.05) is 32.5 Å². The largest absolute Gasteiger partial charge is 0.269 e. The van der Waals surface area contributed by atoms with Crippen LogP contribution in [0, 0.1) is 10.1 Å². The summed E-state index contributed by atoms with van der Waals surface area (Å²) in [6.07, 6.45) is 0. The second-order valence-corrected chi connectivity index (χ2v) is 6.20. The topological polar surface area (TPSA) is 81.5 Å². The monoisotopic (exact) mass is 255 g/mol. The summed E-state index contributed by atoms with van der Waals surface area (Å²) in [6.45, 7) is 1.95. The van der Waals surface area contributed by atoms with Gasteiger partial charge in [0.25, 0.3) is 5.69 Å². The van der Waals surface area contributed by atoms with Crippen LogP contribution in [0.4, 0.5) is 5.69 Å². The molecule has 0 aromatic heterocycles. The molecule has 84 valence electrons. The summed E-state index contributed by atoms with van der Waals surface area (Å²) in [4.78, 5) is 11.1. The van der Waals surface area contributed by atoms with Crippen molar-refractivity contribution in [2.45, 2.75) is 6.92 Å². The zero-order valence-corrected chi connectivity index (χ0v) is 10.0. The molecule has 1 aromatic rings. The molecule has 1 aliphatic heterocycles. The number of nitro benzene ring substituents is 1. The van der Waals surface area contributed by atoms with Gasteiger partial charge in [-0.05, 0) is 29.9 Å². The van der Waals surface area contributed by atoms with E-state index in [1.807, 2.05) is 6.92 Å². The highest BCUT2D eigenvalue weighted by Gasteiger charge is 2.15. The Morgan fingerprint density at radius 1 is 1.44 bits per heavy atom. The third-order valence-corrected chi connectivity index (χ3v) is 4.54. The van der Waals surface area contributed by atoms with Crippen LogP contribution >= 0.6 is 10.8 Å². The van der Waals surface area contributed by atoms with Crippen LogP contribution in [0.3, 0.4) is 0 Å². The molecular weight excluding hydrogens is 246 g/mol. The number of nitrogens with two attached hydrogens (primary N) is 1. The summed E-state index contributed by atoms with van der Waals surface area (Å²) in [5, 5.41) is 16.2. The third-order valence-electron chi connectivity index (χ3n) is 2.08. The Bertz CT molecular complexity index is 508. The number of nitrogens with zero attached hydrogens (tertiary/aromatic N) is 2. The van der Waals surface area contributed by atoms with Crippen molar-refractivity contribution in [2.75, 3.05) is 0 Å². The fraction of sp³-hybridized carbons (Fsp3) is 0.111. The van der Waals surface area contributed by atoms with Crippen LogP contribution in [0.15, 0.2) is 33.5 Å². The van der Waals surface area contributed by atoms with E-state index in [0.717, 1.165) is 16.2 Å². The highest BCUT2D eigenvalue weighted by molar-refractivity contribution is 8.71. The first kappa shape index (κ1) is 11.3. The van der Waals surface area contributed by atoms with Gasteiger partial charge in [-0.15, -0.1) is 0 Å². The van der Waals surface area contributed by atoms with Crippen molar-refractivity contribution >= 4 is 32.1 Å². The van der Waals surface area contributed by atoms with Crippen LogP contribution < -0.4 is 5.14 Å². The van der Waals surface area contributed by atoms with Crippen molar-refractivity contribution in [2.24, 2.45) is 9.50 Å². The maximum atomic E-state index is 10.5. The highest BCUT2D eigenvalue weighted by Crippen LogP contribution is 2.36. The molecule has 0 saturated carbocycles. The number of benzene rings is 1. The van der Waals surface area contributed by atoms with Gasteiger partial charge in [-0.3, -0.25) is 15.3 Å². The van der Waals surface area contributed by atoms with Crippen LogP contribution in [0.1, 0.15) is 12.5 Å².